The minimum Gasteiger partial charge on any atom is -0.497 e. The summed E-state index contributed by atoms with van der Waals surface area (Å²) in [7, 11) is 1.44. The molecule has 0 fully saturated rings. The molecule has 0 saturated carbocycles. The molecule has 0 bridgehead atoms. The summed E-state index contributed by atoms with van der Waals surface area (Å²) < 4.78 is 5.01. The van der Waals surface area contributed by atoms with E-state index in [1.807, 2.05) is 0 Å². The van der Waals surface area contributed by atoms with Crippen LogP contribution in [0.4, 0.5) is 10.5 Å². The van der Waals surface area contributed by atoms with Gasteiger partial charge in [0.25, 0.3) is 0 Å². The van der Waals surface area contributed by atoms with Crippen molar-refractivity contribution in [2.75, 3.05) is 32.1 Å². The van der Waals surface area contributed by atoms with Gasteiger partial charge >= 0.3 is 12.0 Å². The molecule has 0 aromatic heterocycles. The van der Waals surface area contributed by atoms with Crippen LogP contribution in [0.5, 0.6) is 5.75 Å². The van der Waals surface area contributed by atoms with E-state index in [0.717, 1.165) is 0 Å². The molecule has 0 radical (unpaired) electrons. The molecular formula is C14H18N2O5. The van der Waals surface area contributed by atoms with Crippen molar-refractivity contribution in [1.29, 1.82) is 0 Å². The summed E-state index contributed by atoms with van der Waals surface area (Å²) in [6.07, 6.45) is 1.51. The molecule has 21 heavy (non-hydrogen) atoms. The normalized spacial score (nSPS) is 9.81. The number of aliphatic hydroxyl groups excluding tert-OH is 1. The summed E-state index contributed by atoms with van der Waals surface area (Å²) >= 11 is 0. The van der Waals surface area contributed by atoms with Crippen LogP contribution < -0.4 is 10.1 Å². The summed E-state index contributed by atoms with van der Waals surface area (Å²) in [6.45, 7) is 3.67. The van der Waals surface area contributed by atoms with Crippen LogP contribution in [0.25, 0.3) is 0 Å². The molecular weight excluding hydrogens is 276 g/mol. The quantitative estimate of drug-likeness (QED) is 0.660. The molecule has 1 aromatic carbocycles. The van der Waals surface area contributed by atoms with E-state index in [1.54, 1.807) is 0 Å². The highest BCUT2D eigenvalue weighted by Gasteiger charge is 2.17. The molecule has 0 atom stereocenters. The van der Waals surface area contributed by atoms with Crippen LogP contribution in [-0.2, 0) is 0 Å². The number of nitrogens with zero attached hydrogens (tertiary/aromatic N) is 1. The first-order valence-electron chi connectivity index (χ1n) is 6.22. The van der Waals surface area contributed by atoms with E-state index in [0.29, 0.717) is 5.75 Å². The summed E-state index contributed by atoms with van der Waals surface area (Å²) in [5.74, 6) is -0.738. The van der Waals surface area contributed by atoms with Gasteiger partial charge in [-0.15, -0.1) is 6.58 Å². The van der Waals surface area contributed by atoms with E-state index < -0.39 is 12.0 Å². The number of carboxylic acid groups (broad SMARTS) is 1. The minimum atomic E-state index is -1.16. The maximum absolute atomic E-state index is 12.1. The van der Waals surface area contributed by atoms with Gasteiger partial charge in [-0.2, -0.15) is 0 Å². The third-order valence-electron chi connectivity index (χ3n) is 2.71. The van der Waals surface area contributed by atoms with E-state index >= 15 is 0 Å². The third kappa shape index (κ3) is 4.50. The number of aliphatic hydroxyl groups is 1. The summed E-state index contributed by atoms with van der Waals surface area (Å²) in [6, 6.07) is 3.74. The first-order chi connectivity index (χ1) is 10.0. The topological polar surface area (TPSA) is 99.1 Å². The molecule has 2 amide bonds. The zero-order chi connectivity index (χ0) is 15.8. The predicted octanol–water partition coefficient (Wildman–Crippen LogP) is 1.41. The van der Waals surface area contributed by atoms with Crippen molar-refractivity contribution in [3.63, 3.8) is 0 Å². The van der Waals surface area contributed by atoms with Crippen LogP contribution in [0.3, 0.4) is 0 Å². The van der Waals surface area contributed by atoms with Crippen LogP contribution in [0.2, 0.25) is 0 Å². The lowest BCUT2D eigenvalue weighted by Crippen LogP contribution is -2.37. The third-order valence-corrected chi connectivity index (χ3v) is 2.71. The fourth-order valence-corrected chi connectivity index (χ4v) is 1.69. The van der Waals surface area contributed by atoms with E-state index in [-0.39, 0.29) is 30.9 Å². The Labute approximate surface area is 122 Å². The van der Waals surface area contributed by atoms with Crippen molar-refractivity contribution in [3.8, 4) is 5.75 Å². The second kappa shape index (κ2) is 7.91. The number of urea groups is 1. The molecule has 0 aliphatic carbocycles. The fourth-order valence-electron chi connectivity index (χ4n) is 1.69. The lowest BCUT2D eigenvalue weighted by molar-refractivity contribution is 0.0698. The summed E-state index contributed by atoms with van der Waals surface area (Å²) in [4.78, 5) is 24.6. The van der Waals surface area contributed by atoms with Crippen LogP contribution in [0.15, 0.2) is 30.9 Å². The number of hydrogen-bond donors (Lipinski definition) is 3. The van der Waals surface area contributed by atoms with Crippen molar-refractivity contribution in [1.82, 2.24) is 4.90 Å². The Bertz CT molecular complexity index is 530. The maximum atomic E-state index is 12.1. The lowest BCUT2D eigenvalue weighted by atomic mass is 10.1. The van der Waals surface area contributed by atoms with E-state index in [2.05, 4.69) is 11.9 Å². The summed E-state index contributed by atoms with van der Waals surface area (Å²) in [5.41, 5.74) is 0.0746. The molecule has 0 heterocycles. The molecule has 0 aliphatic heterocycles. The average molecular weight is 294 g/mol. The van der Waals surface area contributed by atoms with Crippen molar-refractivity contribution in [3.05, 3.63) is 36.4 Å². The summed E-state index contributed by atoms with van der Waals surface area (Å²) in [5, 5.41) is 20.6. The van der Waals surface area contributed by atoms with Gasteiger partial charge in [-0.25, -0.2) is 9.59 Å². The Morgan fingerprint density at radius 1 is 1.48 bits per heavy atom. The van der Waals surface area contributed by atoms with Gasteiger partial charge in [-0.3, -0.25) is 0 Å². The Hall–Kier alpha value is -2.54. The average Bonchev–Trinajstić information content (AvgIpc) is 2.46. The van der Waals surface area contributed by atoms with E-state index in [1.165, 1.54) is 36.3 Å². The van der Waals surface area contributed by atoms with Gasteiger partial charge in [0.15, 0.2) is 0 Å². The zero-order valence-electron chi connectivity index (χ0n) is 11.7. The Balaban J connectivity index is 3.00. The Morgan fingerprint density at radius 2 is 2.19 bits per heavy atom. The van der Waals surface area contributed by atoms with Crippen LogP contribution in [0.1, 0.15) is 10.4 Å². The largest absolute Gasteiger partial charge is 0.497 e. The monoisotopic (exact) mass is 294 g/mol. The van der Waals surface area contributed by atoms with Gasteiger partial charge < -0.3 is 25.2 Å². The number of benzene rings is 1. The number of carbonyl (C=O) groups excluding carboxylic acids is 1. The molecule has 0 unspecified atom stereocenters. The number of hydrogen-bond acceptors (Lipinski definition) is 4. The molecule has 0 saturated heterocycles. The molecule has 114 valence electrons. The van der Waals surface area contributed by atoms with Gasteiger partial charge in [0.1, 0.15) is 5.75 Å². The van der Waals surface area contributed by atoms with Crippen molar-refractivity contribution in [2.24, 2.45) is 0 Å². The van der Waals surface area contributed by atoms with Gasteiger partial charge in [0, 0.05) is 19.2 Å². The Kier molecular flexibility index (Phi) is 6.22. The number of methoxy groups -OCH3 is 1. The highest BCUT2D eigenvalue weighted by Crippen LogP contribution is 2.23. The number of aromatic carboxylic acids is 1. The molecule has 1 rings (SSSR count). The maximum Gasteiger partial charge on any atom is 0.337 e. The first-order valence-corrected chi connectivity index (χ1v) is 6.22. The second-order valence-corrected chi connectivity index (χ2v) is 4.11. The smallest absolute Gasteiger partial charge is 0.337 e. The highest BCUT2D eigenvalue weighted by atomic mass is 16.5. The molecule has 7 heteroatoms. The number of carboxylic acids is 1. The minimum absolute atomic E-state index is 0.0494. The second-order valence-electron chi connectivity index (χ2n) is 4.11. The van der Waals surface area contributed by atoms with Crippen LogP contribution in [0, 0.1) is 0 Å². The zero-order valence-corrected chi connectivity index (χ0v) is 11.7. The molecule has 1 aromatic rings. The number of rotatable bonds is 7. The predicted molar refractivity (Wildman–Crippen MR) is 77.8 cm³/mol. The Morgan fingerprint density at radius 3 is 2.71 bits per heavy atom. The SMILES string of the molecule is C=CCN(CCO)C(=O)Nc1cc(OC)ccc1C(=O)O. The highest BCUT2D eigenvalue weighted by molar-refractivity contribution is 6.00. The van der Waals surface area contributed by atoms with E-state index in [9.17, 15) is 9.59 Å². The van der Waals surface area contributed by atoms with Crippen molar-refractivity contribution in [2.45, 2.75) is 0 Å². The van der Waals surface area contributed by atoms with Gasteiger partial charge in [0.05, 0.1) is 25.0 Å². The number of anilines is 1. The van der Waals surface area contributed by atoms with Crippen LogP contribution >= 0.6 is 0 Å². The number of nitrogens with one attached hydrogen (secondary N) is 1. The fraction of sp³-hybridized carbons (Fsp3) is 0.286. The number of carbonyl (C=O) groups is 2. The number of ether oxygens (including phenoxy) is 1. The standard InChI is InChI=1S/C14H18N2O5/c1-3-6-16(7-8-17)14(20)15-12-9-10(21-2)4-5-11(12)13(18)19/h3-5,9,17H,1,6-8H2,2H3,(H,15,20)(H,18,19). The number of amides is 2. The van der Waals surface area contributed by atoms with Crippen molar-refractivity contribution >= 4 is 17.7 Å². The van der Waals surface area contributed by atoms with Gasteiger partial charge in [-0.05, 0) is 12.1 Å². The molecule has 7 nitrogen and oxygen atoms in total. The van der Waals surface area contributed by atoms with Gasteiger partial charge in [-0.1, -0.05) is 6.08 Å². The molecule has 3 N–H and O–H groups in total. The molecule has 0 aliphatic rings. The lowest BCUT2D eigenvalue weighted by Gasteiger charge is -2.21. The van der Waals surface area contributed by atoms with Crippen LogP contribution in [-0.4, -0.2) is 53.9 Å². The van der Waals surface area contributed by atoms with Crippen molar-refractivity contribution < 1.29 is 24.5 Å². The van der Waals surface area contributed by atoms with Gasteiger partial charge in [0.2, 0.25) is 0 Å². The molecule has 0 spiro atoms. The first kappa shape index (κ1) is 16.5. The van der Waals surface area contributed by atoms with E-state index in [4.69, 9.17) is 14.9 Å².